The number of hydrogen-bond acceptors (Lipinski definition) is 5. The molecule has 0 bridgehead atoms. The topological polar surface area (TPSA) is 76.2 Å². The number of nitrogens with zero attached hydrogens (tertiary/aromatic N) is 4. The Bertz CT molecular complexity index is 640. The van der Waals surface area contributed by atoms with Gasteiger partial charge in [0.25, 0.3) is 0 Å². The average molecular weight is 303 g/mol. The Balaban J connectivity index is 1.46. The van der Waals surface area contributed by atoms with Crippen molar-refractivity contribution in [2.45, 2.75) is 25.7 Å². The van der Waals surface area contributed by atoms with Crippen molar-refractivity contribution < 1.29 is 9.32 Å². The summed E-state index contributed by atoms with van der Waals surface area (Å²) in [6, 6.07) is 1.71. The summed E-state index contributed by atoms with van der Waals surface area (Å²) < 4.78 is 6.78. The van der Waals surface area contributed by atoms with E-state index in [0.29, 0.717) is 24.0 Å². The molecule has 1 amide bonds. The SMILES string of the molecule is Cc1cc(NC(=O)CN2CCC(c3cnn(C)c3)CC2)no1. The monoisotopic (exact) mass is 303 g/mol. The lowest BCUT2D eigenvalue weighted by Gasteiger charge is -2.30. The summed E-state index contributed by atoms with van der Waals surface area (Å²) in [6.45, 7) is 4.03. The predicted octanol–water partition coefficient (Wildman–Crippen LogP) is 1.53. The van der Waals surface area contributed by atoms with Gasteiger partial charge in [-0.15, -0.1) is 0 Å². The van der Waals surface area contributed by atoms with Gasteiger partial charge < -0.3 is 9.84 Å². The number of hydrogen-bond donors (Lipinski definition) is 1. The minimum atomic E-state index is -0.0480. The molecule has 0 aliphatic carbocycles. The summed E-state index contributed by atoms with van der Waals surface area (Å²) in [4.78, 5) is 14.2. The van der Waals surface area contributed by atoms with E-state index in [2.05, 4.69) is 26.7 Å². The number of aromatic nitrogens is 3. The van der Waals surface area contributed by atoms with Crippen molar-refractivity contribution in [2.24, 2.45) is 7.05 Å². The molecule has 1 aliphatic rings. The van der Waals surface area contributed by atoms with E-state index >= 15 is 0 Å². The van der Waals surface area contributed by atoms with Gasteiger partial charge in [-0.2, -0.15) is 5.10 Å². The van der Waals surface area contributed by atoms with Crippen molar-refractivity contribution in [3.63, 3.8) is 0 Å². The molecule has 1 N–H and O–H groups in total. The molecule has 1 aliphatic heterocycles. The molecule has 2 aromatic rings. The standard InChI is InChI=1S/C15H21N5O2/c1-11-7-14(18-22-11)17-15(21)10-20-5-3-12(4-6-20)13-8-16-19(2)9-13/h7-9,12H,3-6,10H2,1-2H3,(H,17,18,21). The van der Waals surface area contributed by atoms with Crippen LogP contribution in [0.3, 0.4) is 0 Å². The second kappa shape index (κ2) is 6.31. The van der Waals surface area contributed by atoms with Crippen LogP contribution >= 0.6 is 0 Å². The molecule has 3 rings (SSSR count). The van der Waals surface area contributed by atoms with E-state index < -0.39 is 0 Å². The minimum Gasteiger partial charge on any atom is -0.360 e. The third-order valence-corrected chi connectivity index (χ3v) is 4.05. The lowest BCUT2D eigenvalue weighted by Crippen LogP contribution is -2.38. The van der Waals surface area contributed by atoms with Crippen LogP contribution in [0.1, 0.15) is 30.1 Å². The molecule has 0 spiro atoms. The van der Waals surface area contributed by atoms with Gasteiger partial charge in [0.05, 0.1) is 12.7 Å². The summed E-state index contributed by atoms with van der Waals surface area (Å²) in [7, 11) is 1.94. The van der Waals surface area contributed by atoms with E-state index in [-0.39, 0.29) is 5.91 Å². The molecule has 0 atom stereocenters. The molecule has 3 heterocycles. The highest BCUT2D eigenvalue weighted by molar-refractivity contribution is 5.91. The van der Waals surface area contributed by atoms with Crippen LogP contribution in [-0.2, 0) is 11.8 Å². The van der Waals surface area contributed by atoms with Crippen molar-refractivity contribution in [1.29, 1.82) is 0 Å². The Labute approximate surface area is 129 Å². The maximum atomic E-state index is 12.0. The highest BCUT2D eigenvalue weighted by Crippen LogP contribution is 2.27. The van der Waals surface area contributed by atoms with Crippen LogP contribution in [0, 0.1) is 6.92 Å². The fourth-order valence-electron chi connectivity index (χ4n) is 2.89. The minimum absolute atomic E-state index is 0.0480. The molecule has 22 heavy (non-hydrogen) atoms. The fourth-order valence-corrected chi connectivity index (χ4v) is 2.89. The van der Waals surface area contributed by atoms with Crippen molar-refractivity contribution in [2.75, 3.05) is 25.0 Å². The quantitative estimate of drug-likeness (QED) is 0.927. The summed E-state index contributed by atoms with van der Waals surface area (Å²) in [5.41, 5.74) is 1.30. The second-order valence-corrected chi connectivity index (χ2v) is 5.87. The number of carbonyl (C=O) groups excluding carboxylic acids is 1. The number of likely N-dealkylation sites (tertiary alicyclic amines) is 1. The van der Waals surface area contributed by atoms with Crippen molar-refractivity contribution in [3.05, 3.63) is 29.8 Å². The molecule has 118 valence electrons. The Kier molecular flexibility index (Phi) is 4.24. The zero-order valence-corrected chi connectivity index (χ0v) is 13.0. The maximum absolute atomic E-state index is 12.0. The first-order valence-electron chi connectivity index (χ1n) is 7.54. The summed E-state index contributed by atoms with van der Waals surface area (Å²) in [5.74, 6) is 1.67. The van der Waals surface area contributed by atoms with Crippen LogP contribution in [0.25, 0.3) is 0 Å². The normalized spacial score (nSPS) is 16.8. The molecule has 1 fully saturated rings. The summed E-state index contributed by atoms with van der Waals surface area (Å²) in [5, 5.41) is 10.8. The van der Waals surface area contributed by atoms with Crippen LogP contribution in [0.15, 0.2) is 23.0 Å². The Morgan fingerprint density at radius 1 is 1.45 bits per heavy atom. The van der Waals surface area contributed by atoms with Gasteiger partial charge in [0.15, 0.2) is 5.82 Å². The first-order valence-corrected chi connectivity index (χ1v) is 7.54. The molecular weight excluding hydrogens is 282 g/mol. The first-order chi connectivity index (χ1) is 10.6. The van der Waals surface area contributed by atoms with Gasteiger partial charge in [-0.1, -0.05) is 5.16 Å². The molecule has 1 saturated heterocycles. The van der Waals surface area contributed by atoms with Crippen LogP contribution in [0.5, 0.6) is 0 Å². The summed E-state index contributed by atoms with van der Waals surface area (Å²) >= 11 is 0. The number of rotatable bonds is 4. The first kappa shape index (κ1) is 14.8. The molecule has 7 heteroatoms. The third kappa shape index (κ3) is 3.54. The number of carbonyl (C=O) groups is 1. The average Bonchev–Trinajstić information content (AvgIpc) is 3.08. The van der Waals surface area contributed by atoms with Gasteiger partial charge in [-0.25, -0.2) is 0 Å². The third-order valence-electron chi connectivity index (χ3n) is 4.05. The van der Waals surface area contributed by atoms with E-state index in [1.165, 1.54) is 5.56 Å². The van der Waals surface area contributed by atoms with Gasteiger partial charge >= 0.3 is 0 Å². The van der Waals surface area contributed by atoms with E-state index in [4.69, 9.17) is 4.52 Å². The lowest BCUT2D eigenvalue weighted by molar-refractivity contribution is -0.117. The van der Waals surface area contributed by atoms with Crippen molar-refractivity contribution in [1.82, 2.24) is 19.8 Å². The number of nitrogens with one attached hydrogen (secondary N) is 1. The Morgan fingerprint density at radius 2 is 2.23 bits per heavy atom. The van der Waals surface area contributed by atoms with E-state index in [9.17, 15) is 4.79 Å². The van der Waals surface area contributed by atoms with Crippen LogP contribution < -0.4 is 5.32 Å². The predicted molar refractivity (Wildman–Crippen MR) is 81.5 cm³/mol. The van der Waals surface area contributed by atoms with Gasteiger partial charge in [-0.05, 0) is 44.3 Å². The van der Waals surface area contributed by atoms with Crippen LogP contribution in [0.2, 0.25) is 0 Å². The lowest BCUT2D eigenvalue weighted by atomic mass is 9.91. The molecule has 0 aromatic carbocycles. The van der Waals surface area contributed by atoms with Gasteiger partial charge in [0.2, 0.25) is 5.91 Å². The van der Waals surface area contributed by atoms with E-state index in [1.807, 2.05) is 17.9 Å². The number of anilines is 1. The van der Waals surface area contributed by atoms with Crippen LogP contribution in [0.4, 0.5) is 5.82 Å². The molecule has 2 aromatic heterocycles. The zero-order chi connectivity index (χ0) is 15.5. The number of amides is 1. The van der Waals surface area contributed by atoms with Crippen molar-refractivity contribution in [3.8, 4) is 0 Å². The highest BCUT2D eigenvalue weighted by atomic mass is 16.5. The zero-order valence-electron chi connectivity index (χ0n) is 13.0. The molecule has 7 nitrogen and oxygen atoms in total. The van der Waals surface area contributed by atoms with Gasteiger partial charge in [0.1, 0.15) is 5.76 Å². The van der Waals surface area contributed by atoms with Crippen LogP contribution in [-0.4, -0.2) is 45.4 Å². The van der Waals surface area contributed by atoms with E-state index in [0.717, 1.165) is 25.9 Å². The summed E-state index contributed by atoms with van der Waals surface area (Å²) in [6.07, 6.45) is 6.14. The fraction of sp³-hybridized carbons (Fsp3) is 0.533. The van der Waals surface area contributed by atoms with Gasteiger partial charge in [0, 0.05) is 19.3 Å². The number of aryl methyl sites for hydroxylation is 2. The number of piperidine rings is 1. The second-order valence-electron chi connectivity index (χ2n) is 5.87. The Morgan fingerprint density at radius 3 is 2.82 bits per heavy atom. The molecule has 0 unspecified atom stereocenters. The maximum Gasteiger partial charge on any atom is 0.239 e. The largest absolute Gasteiger partial charge is 0.360 e. The molecular formula is C15H21N5O2. The van der Waals surface area contributed by atoms with Crippen molar-refractivity contribution >= 4 is 11.7 Å². The Hall–Kier alpha value is -2.15. The highest BCUT2D eigenvalue weighted by Gasteiger charge is 2.23. The molecule has 0 radical (unpaired) electrons. The smallest absolute Gasteiger partial charge is 0.239 e. The van der Waals surface area contributed by atoms with Gasteiger partial charge in [-0.3, -0.25) is 14.4 Å². The van der Waals surface area contributed by atoms with E-state index in [1.54, 1.807) is 13.0 Å². The molecule has 0 saturated carbocycles.